The Hall–Kier alpha value is -2.67. The van der Waals surface area contributed by atoms with Crippen LogP contribution in [0, 0.1) is 6.92 Å². The van der Waals surface area contributed by atoms with Crippen molar-refractivity contribution in [2.75, 3.05) is 11.1 Å². The van der Waals surface area contributed by atoms with E-state index in [1.165, 1.54) is 11.8 Å². The number of para-hydroxylation sites is 2. The van der Waals surface area contributed by atoms with Crippen LogP contribution < -0.4 is 5.32 Å². The minimum atomic E-state index is 0.000218. The normalized spacial score (nSPS) is 10.7. The van der Waals surface area contributed by atoms with E-state index in [1.807, 2.05) is 55.5 Å². The molecule has 0 atom stereocenters. The number of hydrogen-bond donors (Lipinski definition) is 1. The molecule has 1 N–H and O–H groups in total. The van der Waals surface area contributed by atoms with Gasteiger partial charge < -0.3 is 5.32 Å². The van der Waals surface area contributed by atoms with Crippen LogP contribution in [0.3, 0.4) is 0 Å². The predicted octanol–water partition coefficient (Wildman–Crippen LogP) is 3.65. The van der Waals surface area contributed by atoms with Crippen molar-refractivity contribution in [1.29, 1.82) is 0 Å². The molecule has 0 saturated carbocycles. The quantitative estimate of drug-likeness (QED) is 0.645. The summed E-state index contributed by atoms with van der Waals surface area (Å²) >= 11 is 1.47. The average molecular weight is 367 g/mol. The Morgan fingerprint density at radius 2 is 1.96 bits per heavy atom. The van der Waals surface area contributed by atoms with Crippen molar-refractivity contribution in [2.45, 2.75) is 31.8 Å². The van der Waals surface area contributed by atoms with Crippen molar-refractivity contribution in [1.82, 2.24) is 20.2 Å². The average Bonchev–Trinajstić information content (AvgIpc) is 3.12. The van der Waals surface area contributed by atoms with Crippen LogP contribution in [-0.4, -0.2) is 31.9 Å². The van der Waals surface area contributed by atoms with E-state index in [4.69, 9.17) is 0 Å². The third-order valence-electron chi connectivity index (χ3n) is 4.01. The lowest BCUT2D eigenvalue weighted by atomic mass is 10.1. The van der Waals surface area contributed by atoms with Gasteiger partial charge in [-0.2, -0.15) is 4.68 Å². The molecule has 0 aliphatic rings. The molecule has 134 valence electrons. The monoisotopic (exact) mass is 367 g/mol. The van der Waals surface area contributed by atoms with Gasteiger partial charge in [-0.05, 0) is 47.0 Å². The maximum atomic E-state index is 12.3. The third-order valence-corrected chi connectivity index (χ3v) is 4.93. The lowest BCUT2D eigenvalue weighted by Crippen LogP contribution is -2.14. The summed E-state index contributed by atoms with van der Waals surface area (Å²) in [5.41, 5.74) is 4.06. The molecule has 0 bridgehead atoms. The first-order chi connectivity index (χ1) is 12.7. The van der Waals surface area contributed by atoms with E-state index in [1.54, 1.807) is 4.68 Å². The van der Waals surface area contributed by atoms with E-state index in [0.717, 1.165) is 28.9 Å². The summed E-state index contributed by atoms with van der Waals surface area (Å²) in [6, 6.07) is 15.8. The molecule has 0 aliphatic heterocycles. The summed E-state index contributed by atoms with van der Waals surface area (Å²) in [5, 5.41) is 15.5. The molecule has 3 rings (SSSR count). The van der Waals surface area contributed by atoms with E-state index >= 15 is 0 Å². The first kappa shape index (κ1) is 18.1. The number of nitrogens with one attached hydrogen (secondary N) is 1. The van der Waals surface area contributed by atoms with Crippen LogP contribution in [-0.2, 0) is 11.2 Å². The highest BCUT2D eigenvalue weighted by Crippen LogP contribution is 2.22. The first-order valence-electron chi connectivity index (χ1n) is 8.54. The lowest BCUT2D eigenvalue weighted by Gasteiger charge is -2.12. The number of carbonyl (C=O) groups is 1. The van der Waals surface area contributed by atoms with Gasteiger partial charge in [0.25, 0.3) is 0 Å². The van der Waals surface area contributed by atoms with Crippen LogP contribution in [0.25, 0.3) is 5.69 Å². The number of aromatic nitrogens is 4. The van der Waals surface area contributed by atoms with Crippen molar-refractivity contribution in [3.63, 3.8) is 0 Å². The number of amides is 1. The van der Waals surface area contributed by atoms with Crippen LogP contribution in [0.1, 0.15) is 24.5 Å². The standard InChI is InChI=1S/C19H21N5OS/c1-3-15-9-7-8-14(2)18(15)20-17(25)12-13-26-19-21-22-23-24(19)16-10-5-4-6-11-16/h4-11H,3,12-13H2,1-2H3,(H,20,25). The zero-order valence-corrected chi connectivity index (χ0v) is 15.7. The van der Waals surface area contributed by atoms with Gasteiger partial charge in [-0.25, -0.2) is 0 Å². The second kappa shape index (κ2) is 8.62. The highest BCUT2D eigenvalue weighted by molar-refractivity contribution is 7.99. The number of nitrogens with zero attached hydrogens (tertiary/aromatic N) is 4. The lowest BCUT2D eigenvalue weighted by molar-refractivity contribution is -0.115. The van der Waals surface area contributed by atoms with Crippen molar-refractivity contribution in [3.05, 3.63) is 59.7 Å². The Morgan fingerprint density at radius 1 is 1.15 bits per heavy atom. The fourth-order valence-electron chi connectivity index (χ4n) is 2.64. The van der Waals surface area contributed by atoms with E-state index in [2.05, 4.69) is 27.8 Å². The zero-order valence-electron chi connectivity index (χ0n) is 14.8. The third kappa shape index (κ3) is 4.29. The number of aryl methyl sites for hydroxylation is 2. The van der Waals surface area contributed by atoms with E-state index in [-0.39, 0.29) is 5.91 Å². The number of benzene rings is 2. The molecule has 0 radical (unpaired) electrons. The summed E-state index contributed by atoms with van der Waals surface area (Å²) in [7, 11) is 0. The molecule has 0 saturated heterocycles. The number of thioether (sulfide) groups is 1. The fourth-order valence-corrected chi connectivity index (χ4v) is 3.47. The topological polar surface area (TPSA) is 72.7 Å². The second-order valence-corrected chi connectivity index (χ2v) is 6.88. The number of hydrogen-bond acceptors (Lipinski definition) is 5. The number of carbonyl (C=O) groups excluding carboxylic acids is 1. The Bertz CT molecular complexity index is 879. The van der Waals surface area contributed by atoms with Gasteiger partial charge in [-0.3, -0.25) is 4.79 Å². The highest BCUT2D eigenvalue weighted by atomic mass is 32.2. The Labute approximate surface area is 157 Å². The molecule has 1 heterocycles. The van der Waals surface area contributed by atoms with Gasteiger partial charge in [0.2, 0.25) is 11.1 Å². The van der Waals surface area contributed by atoms with Crippen molar-refractivity contribution in [2.24, 2.45) is 0 Å². The molecule has 0 fully saturated rings. The van der Waals surface area contributed by atoms with Crippen LogP contribution in [0.4, 0.5) is 5.69 Å². The summed E-state index contributed by atoms with van der Waals surface area (Å²) in [6.45, 7) is 4.10. The molecule has 1 amide bonds. The van der Waals surface area contributed by atoms with Crippen LogP contribution in [0.15, 0.2) is 53.7 Å². The van der Waals surface area contributed by atoms with Crippen molar-refractivity contribution < 1.29 is 4.79 Å². The fraction of sp³-hybridized carbons (Fsp3) is 0.263. The smallest absolute Gasteiger partial charge is 0.225 e. The van der Waals surface area contributed by atoms with Crippen LogP contribution in [0.5, 0.6) is 0 Å². The van der Waals surface area contributed by atoms with Gasteiger partial charge in [0.05, 0.1) is 5.69 Å². The largest absolute Gasteiger partial charge is 0.326 e. The van der Waals surface area contributed by atoms with Gasteiger partial charge in [0, 0.05) is 17.9 Å². The van der Waals surface area contributed by atoms with Gasteiger partial charge in [0.1, 0.15) is 0 Å². The molecular formula is C19H21N5OS. The Morgan fingerprint density at radius 3 is 2.73 bits per heavy atom. The molecule has 0 aliphatic carbocycles. The second-order valence-electron chi connectivity index (χ2n) is 5.82. The molecule has 1 aromatic heterocycles. The SMILES string of the molecule is CCc1cccc(C)c1NC(=O)CCSc1nnnn1-c1ccccc1. The maximum absolute atomic E-state index is 12.3. The van der Waals surface area contributed by atoms with Gasteiger partial charge in [0.15, 0.2) is 0 Å². The first-order valence-corrected chi connectivity index (χ1v) is 9.52. The van der Waals surface area contributed by atoms with Crippen molar-refractivity contribution in [3.8, 4) is 5.69 Å². The molecule has 0 unspecified atom stereocenters. The molecule has 26 heavy (non-hydrogen) atoms. The molecule has 0 spiro atoms. The summed E-state index contributed by atoms with van der Waals surface area (Å²) in [6.07, 6.45) is 1.28. The Kier molecular flexibility index (Phi) is 6.01. The van der Waals surface area contributed by atoms with E-state index in [0.29, 0.717) is 17.3 Å². The molecule has 2 aromatic carbocycles. The van der Waals surface area contributed by atoms with E-state index < -0.39 is 0 Å². The summed E-state index contributed by atoms with van der Waals surface area (Å²) in [4.78, 5) is 12.3. The summed E-state index contributed by atoms with van der Waals surface area (Å²) < 4.78 is 1.68. The minimum absolute atomic E-state index is 0.000218. The van der Waals surface area contributed by atoms with Gasteiger partial charge >= 0.3 is 0 Å². The highest BCUT2D eigenvalue weighted by Gasteiger charge is 2.12. The van der Waals surface area contributed by atoms with Crippen molar-refractivity contribution >= 4 is 23.4 Å². The number of anilines is 1. The minimum Gasteiger partial charge on any atom is -0.326 e. The van der Waals surface area contributed by atoms with Crippen LogP contribution >= 0.6 is 11.8 Å². The number of rotatable bonds is 7. The molecule has 7 heteroatoms. The predicted molar refractivity (Wildman–Crippen MR) is 104 cm³/mol. The molecule has 3 aromatic rings. The van der Waals surface area contributed by atoms with Gasteiger partial charge in [-0.1, -0.05) is 55.1 Å². The molecule has 6 nitrogen and oxygen atoms in total. The van der Waals surface area contributed by atoms with Crippen LogP contribution in [0.2, 0.25) is 0 Å². The maximum Gasteiger partial charge on any atom is 0.225 e. The van der Waals surface area contributed by atoms with E-state index in [9.17, 15) is 4.79 Å². The zero-order chi connectivity index (χ0) is 18.4. The number of tetrazole rings is 1. The van der Waals surface area contributed by atoms with Gasteiger partial charge in [-0.15, -0.1) is 5.10 Å². The molecular weight excluding hydrogens is 346 g/mol. The Balaban J connectivity index is 1.58. The summed E-state index contributed by atoms with van der Waals surface area (Å²) in [5.74, 6) is 0.604.